The fourth-order valence-corrected chi connectivity index (χ4v) is 3.85. The second-order valence-corrected chi connectivity index (χ2v) is 8.00. The second-order valence-electron chi connectivity index (χ2n) is 8.00. The van der Waals surface area contributed by atoms with Gasteiger partial charge < -0.3 is 48.8 Å². The summed E-state index contributed by atoms with van der Waals surface area (Å²) in [5.41, 5.74) is -5.74. The third kappa shape index (κ3) is 3.05. The van der Waals surface area contributed by atoms with Gasteiger partial charge in [-0.15, -0.1) is 0 Å². The van der Waals surface area contributed by atoms with E-state index in [2.05, 4.69) is 9.47 Å². The van der Waals surface area contributed by atoms with Gasteiger partial charge in [-0.05, 0) is 6.92 Å². The molecule has 180 valence electrons. The number of esters is 6. The fourth-order valence-electron chi connectivity index (χ4n) is 3.85. The molecular weight excluding hydrogens is 460 g/mol. The van der Waals surface area contributed by atoms with Crippen molar-refractivity contribution in [1.82, 2.24) is 0 Å². The molecule has 0 spiro atoms. The lowest BCUT2D eigenvalue weighted by Crippen LogP contribution is -2.78. The van der Waals surface area contributed by atoms with Crippen LogP contribution in [0.5, 0.6) is 0 Å². The molecule has 0 saturated carbocycles. The molecule has 33 heavy (non-hydrogen) atoms. The molecule has 0 aromatic heterocycles. The normalized spacial score (nSPS) is 45.5. The number of hydrogen-bond donors (Lipinski definition) is 4. The van der Waals surface area contributed by atoms with E-state index >= 15 is 0 Å². The first-order valence-electron chi connectivity index (χ1n) is 9.29. The summed E-state index contributed by atoms with van der Waals surface area (Å²) >= 11 is 0. The van der Waals surface area contributed by atoms with Crippen LogP contribution in [0.1, 0.15) is 32.6 Å². The summed E-state index contributed by atoms with van der Waals surface area (Å²) in [5.74, 6) is -21.6. The average molecular weight is 476 g/mol. The van der Waals surface area contributed by atoms with Crippen LogP contribution in [-0.4, -0.2) is 91.1 Å². The molecule has 0 radical (unpaired) electrons. The molecular formula is C17H16O16. The van der Waals surface area contributed by atoms with Crippen molar-refractivity contribution < 1.29 is 77.6 Å². The molecule has 16 nitrogen and oxygen atoms in total. The van der Waals surface area contributed by atoms with Crippen molar-refractivity contribution in [2.45, 2.75) is 67.5 Å². The Morgan fingerprint density at radius 2 is 1.09 bits per heavy atom. The maximum Gasteiger partial charge on any atom is 0.452 e. The Morgan fingerprint density at radius 1 is 0.636 bits per heavy atom. The van der Waals surface area contributed by atoms with Crippen molar-refractivity contribution >= 4 is 35.8 Å². The third-order valence-corrected chi connectivity index (χ3v) is 5.51. The van der Waals surface area contributed by atoms with E-state index in [9.17, 15) is 49.2 Å². The maximum absolute atomic E-state index is 12.7. The van der Waals surface area contributed by atoms with Gasteiger partial charge in [0.15, 0.2) is 17.3 Å². The first-order chi connectivity index (χ1) is 15.1. The highest BCUT2D eigenvalue weighted by atomic mass is 16.9. The van der Waals surface area contributed by atoms with E-state index in [1.165, 1.54) is 0 Å². The quantitative estimate of drug-likeness (QED) is 0.207. The first kappa shape index (κ1) is 22.8. The Kier molecular flexibility index (Phi) is 4.56. The lowest BCUT2D eigenvalue weighted by Gasteiger charge is -2.49. The molecule has 0 aromatic rings. The highest BCUT2D eigenvalue weighted by Crippen LogP contribution is 2.49. The van der Waals surface area contributed by atoms with Gasteiger partial charge in [0.1, 0.15) is 0 Å². The van der Waals surface area contributed by atoms with Crippen LogP contribution in [0.25, 0.3) is 0 Å². The molecule has 16 heteroatoms. The van der Waals surface area contributed by atoms with Gasteiger partial charge in [-0.3, -0.25) is 19.2 Å². The van der Waals surface area contributed by atoms with Gasteiger partial charge in [-0.1, -0.05) is 0 Å². The minimum absolute atomic E-state index is 0.846. The molecule has 6 unspecified atom stereocenters. The Morgan fingerprint density at radius 3 is 1.67 bits per heavy atom. The van der Waals surface area contributed by atoms with E-state index in [4.69, 9.17) is 18.9 Å². The number of carbonyl (C=O) groups excluding carboxylic acids is 6. The van der Waals surface area contributed by atoms with Crippen molar-refractivity contribution in [3.8, 4) is 0 Å². The molecule has 4 rings (SSSR count). The number of hydrogen-bond acceptors (Lipinski definition) is 16. The topological polar surface area (TPSA) is 239 Å². The van der Waals surface area contributed by atoms with Crippen LogP contribution in [0.2, 0.25) is 0 Å². The van der Waals surface area contributed by atoms with Crippen molar-refractivity contribution in [2.24, 2.45) is 0 Å². The van der Waals surface area contributed by atoms with Gasteiger partial charge >= 0.3 is 53.4 Å². The summed E-state index contributed by atoms with van der Waals surface area (Å²) in [5, 5.41) is 43.1. The molecule has 4 aliphatic heterocycles. The Hall–Kier alpha value is -3.34. The molecule has 0 amide bonds. The van der Waals surface area contributed by atoms with E-state index in [0.29, 0.717) is 0 Å². The number of carbonyl (C=O) groups is 6. The Bertz CT molecular complexity index is 1000. The largest absolute Gasteiger partial charge is 0.454 e. The summed E-state index contributed by atoms with van der Waals surface area (Å²) in [4.78, 5) is 74.4. The van der Waals surface area contributed by atoms with E-state index < -0.39 is 96.4 Å². The number of ether oxygens (including phenoxy) is 6. The minimum Gasteiger partial charge on any atom is -0.454 e. The Balaban J connectivity index is 1.98. The third-order valence-electron chi connectivity index (χ3n) is 5.51. The average Bonchev–Trinajstić information content (AvgIpc) is 2.75. The zero-order valence-corrected chi connectivity index (χ0v) is 16.6. The Labute approximate surface area is 181 Å². The van der Waals surface area contributed by atoms with Gasteiger partial charge in [-0.25, -0.2) is 9.59 Å². The highest BCUT2D eigenvalue weighted by molar-refractivity contribution is 5.94. The summed E-state index contributed by atoms with van der Waals surface area (Å²) < 4.78 is 28.6. The van der Waals surface area contributed by atoms with Gasteiger partial charge in [-0.2, -0.15) is 0 Å². The van der Waals surface area contributed by atoms with E-state index in [0.717, 1.165) is 6.92 Å². The van der Waals surface area contributed by atoms with Crippen LogP contribution in [0.15, 0.2) is 0 Å². The molecule has 0 aliphatic carbocycles. The second kappa shape index (κ2) is 6.60. The summed E-state index contributed by atoms with van der Waals surface area (Å²) in [6.45, 7) is 0.846. The van der Waals surface area contributed by atoms with Crippen molar-refractivity contribution in [1.29, 1.82) is 0 Å². The fraction of sp³-hybridized carbons (Fsp3) is 0.647. The standard InChI is InChI=1S/C17H16O16/c1-6-15(29-8(19)3-13(24,11(22)32-15)2-7(18)28-6)16(26)17(27)31-10(21)5-14(25,12(23)33-17)4-9(20)30-16/h6,24-27H,2-5H2,1H3. The van der Waals surface area contributed by atoms with Crippen molar-refractivity contribution in [3.05, 3.63) is 0 Å². The first-order valence-corrected chi connectivity index (χ1v) is 9.29. The van der Waals surface area contributed by atoms with Crippen LogP contribution in [-0.2, 0) is 57.2 Å². The van der Waals surface area contributed by atoms with Gasteiger partial charge in [0.25, 0.3) is 0 Å². The van der Waals surface area contributed by atoms with Crippen LogP contribution in [0.4, 0.5) is 0 Å². The van der Waals surface area contributed by atoms with Gasteiger partial charge in [0, 0.05) is 0 Å². The number of aliphatic hydroxyl groups is 4. The van der Waals surface area contributed by atoms with Crippen LogP contribution >= 0.6 is 0 Å². The zero-order valence-electron chi connectivity index (χ0n) is 16.6. The van der Waals surface area contributed by atoms with Crippen LogP contribution in [0, 0.1) is 0 Å². The summed E-state index contributed by atoms with van der Waals surface area (Å²) in [6, 6.07) is 0. The molecule has 4 N–H and O–H groups in total. The van der Waals surface area contributed by atoms with E-state index in [1.54, 1.807) is 0 Å². The SMILES string of the molecule is CC1OC(=O)CC2(O)CC(=O)OC1(C1(O)OC(=O)CC3(O)CC(=O)OC1(O)OC3=O)OC2=O. The predicted molar refractivity (Wildman–Crippen MR) is 87.0 cm³/mol. The molecule has 4 heterocycles. The lowest BCUT2D eigenvalue weighted by molar-refractivity contribution is -0.509. The lowest BCUT2D eigenvalue weighted by atomic mass is 9.92. The monoisotopic (exact) mass is 476 g/mol. The minimum atomic E-state index is -4.14. The molecule has 4 aliphatic rings. The smallest absolute Gasteiger partial charge is 0.452 e. The van der Waals surface area contributed by atoms with E-state index in [-0.39, 0.29) is 0 Å². The number of fused-ring (bicyclic) bond motifs is 6. The van der Waals surface area contributed by atoms with Crippen LogP contribution in [0.3, 0.4) is 0 Å². The molecule has 0 aromatic carbocycles. The molecule has 6 atom stereocenters. The van der Waals surface area contributed by atoms with Gasteiger partial charge in [0.05, 0.1) is 25.7 Å². The van der Waals surface area contributed by atoms with Crippen LogP contribution < -0.4 is 0 Å². The van der Waals surface area contributed by atoms with Crippen molar-refractivity contribution in [3.63, 3.8) is 0 Å². The highest BCUT2D eigenvalue weighted by Gasteiger charge is 2.83. The molecule has 4 saturated heterocycles. The summed E-state index contributed by atoms with van der Waals surface area (Å²) in [7, 11) is 0. The number of rotatable bonds is 1. The maximum atomic E-state index is 12.7. The predicted octanol–water partition coefficient (Wildman–Crippen LogP) is -4.26. The number of cyclic esters (lactones) is 2. The van der Waals surface area contributed by atoms with Gasteiger partial charge in [0.2, 0.25) is 0 Å². The zero-order chi connectivity index (χ0) is 24.6. The molecule has 4 bridgehead atoms. The van der Waals surface area contributed by atoms with Crippen molar-refractivity contribution in [2.75, 3.05) is 0 Å². The summed E-state index contributed by atoms with van der Waals surface area (Å²) in [6.07, 6.45) is -7.01. The van der Waals surface area contributed by atoms with E-state index in [1.807, 2.05) is 0 Å². The molecule has 4 fully saturated rings.